The van der Waals surface area contributed by atoms with E-state index in [9.17, 15) is 22.4 Å². The van der Waals surface area contributed by atoms with E-state index in [4.69, 9.17) is 5.21 Å². The van der Waals surface area contributed by atoms with E-state index in [1.165, 1.54) is 16.6 Å². The fraction of sp³-hybridized carbons (Fsp3) is 0.278. The molecule has 3 aromatic rings. The molecule has 2 N–H and O–H groups in total. The van der Waals surface area contributed by atoms with E-state index >= 15 is 0 Å². The van der Waals surface area contributed by atoms with Crippen LogP contribution in [0.1, 0.15) is 13.3 Å². The predicted molar refractivity (Wildman–Crippen MR) is 107 cm³/mol. The maximum atomic E-state index is 14.2. The van der Waals surface area contributed by atoms with Gasteiger partial charge in [0.15, 0.2) is 20.9 Å². The summed E-state index contributed by atoms with van der Waals surface area (Å²) in [5.74, 6) is -1.86. The number of halogens is 1. The summed E-state index contributed by atoms with van der Waals surface area (Å²) in [6.07, 6.45) is 2.67. The molecule has 0 aliphatic rings. The lowest BCUT2D eigenvalue weighted by molar-refractivity contribution is -0.131. The highest BCUT2D eigenvalue weighted by Crippen LogP contribution is 2.23. The molecule has 1 atom stereocenters. The number of tetrazole rings is 1. The Balaban J connectivity index is 1.94. The quantitative estimate of drug-likeness (QED) is 0.386. The van der Waals surface area contributed by atoms with Gasteiger partial charge in [-0.15, -0.1) is 15.0 Å². The fourth-order valence-corrected chi connectivity index (χ4v) is 3.80. The number of benzene rings is 1. The average molecular weight is 450 g/mol. The van der Waals surface area contributed by atoms with Crippen LogP contribution in [0.25, 0.3) is 16.8 Å². The Morgan fingerprint density at radius 1 is 1.29 bits per heavy atom. The van der Waals surface area contributed by atoms with Crippen LogP contribution in [0.3, 0.4) is 0 Å². The highest BCUT2D eigenvalue weighted by Gasteiger charge is 2.43. The zero-order valence-corrected chi connectivity index (χ0v) is 17.4. The molecule has 0 radical (unpaired) electrons. The molecule has 13 heteroatoms. The molecule has 0 aliphatic carbocycles. The number of pyridine rings is 1. The third-order valence-corrected chi connectivity index (χ3v) is 7.07. The van der Waals surface area contributed by atoms with Crippen LogP contribution in [-0.2, 0) is 21.2 Å². The Hall–Kier alpha value is -3.45. The molecule has 11 nitrogen and oxygen atoms in total. The zero-order chi connectivity index (χ0) is 22.8. The van der Waals surface area contributed by atoms with Crippen LogP contribution in [0.2, 0.25) is 0 Å². The molecular weight excluding hydrogens is 431 g/mol. The molecule has 0 fully saturated rings. The van der Waals surface area contributed by atoms with E-state index in [1.807, 2.05) is 0 Å². The monoisotopic (exact) mass is 450 g/mol. The number of amides is 1. The zero-order valence-electron chi connectivity index (χ0n) is 16.6. The first-order valence-electron chi connectivity index (χ1n) is 8.95. The Labute approximate surface area is 176 Å². The predicted octanol–water partition coefficient (Wildman–Crippen LogP) is 0.329. The summed E-state index contributed by atoms with van der Waals surface area (Å²) in [6.45, 7) is 0.845. The van der Waals surface area contributed by atoms with Crippen LogP contribution in [0.15, 0.2) is 47.7 Å². The van der Waals surface area contributed by atoms with Crippen LogP contribution in [0.4, 0.5) is 4.39 Å². The molecule has 31 heavy (non-hydrogen) atoms. The van der Waals surface area contributed by atoms with Gasteiger partial charge in [0.2, 0.25) is 0 Å². The third-order valence-electron chi connectivity index (χ3n) is 5.04. The highest BCUT2D eigenvalue weighted by atomic mass is 32.2. The van der Waals surface area contributed by atoms with E-state index in [0.29, 0.717) is 11.3 Å². The van der Waals surface area contributed by atoms with Gasteiger partial charge in [-0.1, -0.05) is 12.1 Å². The average Bonchev–Trinajstić information content (AvgIpc) is 3.27. The van der Waals surface area contributed by atoms with Crippen molar-refractivity contribution in [2.75, 3.05) is 6.26 Å². The summed E-state index contributed by atoms with van der Waals surface area (Å²) in [7, 11) is -3.96. The van der Waals surface area contributed by atoms with Crippen molar-refractivity contribution in [3.63, 3.8) is 0 Å². The number of nitrogens with zero attached hydrogens (tertiary/aromatic N) is 5. The molecule has 1 amide bonds. The van der Waals surface area contributed by atoms with Gasteiger partial charge in [0.25, 0.3) is 11.5 Å². The molecule has 0 aliphatic heterocycles. The second kappa shape index (κ2) is 8.35. The maximum absolute atomic E-state index is 14.2. The summed E-state index contributed by atoms with van der Waals surface area (Å²) in [5.41, 5.74) is 1.80. The van der Waals surface area contributed by atoms with Gasteiger partial charge in [-0.3, -0.25) is 14.8 Å². The summed E-state index contributed by atoms with van der Waals surface area (Å²) < 4.78 is 37.4. The van der Waals surface area contributed by atoms with Crippen LogP contribution in [0.5, 0.6) is 0 Å². The van der Waals surface area contributed by atoms with Gasteiger partial charge in [-0.25, -0.2) is 18.3 Å². The molecule has 0 unspecified atom stereocenters. The summed E-state index contributed by atoms with van der Waals surface area (Å²) >= 11 is 0. The van der Waals surface area contributed by atoms with Crippen LogP contribution >= 0.6 is 0 Å². The number of rotatable bonds is 7. The van der Waals surface area contributed by atoms with Gasteiger partial charge in [0.1, 0.15) is 5.82 Å². The highest BCUT2D eigenvalue weighted by molar-refractivity contribution is 7.92. The van der Waals surface area contributed by atoms with Gasteiger partial charge >= 0.3 is 0 Å². The summed E-state index contributed by atoms with van der Waals surface area (Å²) in [5, 5.41) is 20.2. The minimum Gasteiger partial charge on any atom is -0.312 e. The first-order chi connectivity index (χ1) is 14.6. The van der Waals surface area contributed by atoms with Gasteiger partial charge < -0.3 is 4.57 Å². The van der Waals surface area contributed by atoms with Crippen LogP contribution in [-0.4, -0.2) is 55.3 Å². The Morgan fingerprint density at radius 2 is 1.97 bits per heavy atom. The minimum absolute atomic E-state index is 0.0470. The Kier molecular flexibility index (Phi) is 5.99. The molecule has 3 rings (SSSR count). The molecule has 1 aromatic carbocycles. The minimum atomic E-state index is -3.96. The number of carbonyl (C=O) groups is 1. The number of aromatic nitrogens is 5. The van der Waals surface area contributed by atoms with Gasteiger partial charge in [-0.2, -0.15) is 0 Å². The molecule has 0 saturated carbocycles. The van der Waals surface area contributed by atoms with Crippen molar-refractivity contribution in [3.8, 4) is 16.8 Å². The fourth-order valence-electron chi connectivity index (χ4n) is 2.95. The van der Waals surface area contributed by atoms with Crippen molar-refractivity contribution in [2.45, 2.75) is 24.6 Å². The van der Waals surface area contributed by atoms with Gasteiger partial charge in [0.05, 0.1) is 11.3 Å². The van der Waals surface area contributed by atoms with Crippen molar-refractivity contribution in [1.82, 2.24) is 30.3 Å². The Bertz CT molecular complexity index is 1260. The third kappa shape index (κ3) is 4.36. The first-order valence-corrected chi connectivity index (χ1v) is 10.8. The molecular formula is C18H19FN6O5S. The second-order valence-corrected chi connectivity index (χ2v) is 9.48. The lowest BCUT2D eigenvalue weighted by atomic mass is 10.1. The van der Waals surface area contributed by atoms with Crippen molar-refractivity contribution >= 4 is 15.7 Å². The largest absolute Gasteiger partial charge is 0.312 e. The van der Waals surface area contributed by atoms with Gasteiger partial charge in [0, 0.05) is 19.0 Å². The topological polar surface area (TPSA) is 149 Å². The number of aryl methyl sites for hydroxylation is 1. The molecule has 0 bridgehead atoms. The second-order valence-electron chi connectivity index (χ2n) is 7.04. The van der Waals surface area contributed by atoms with Crippen molar-refractivity contribution in [2.24, 2.45) is 0 Å². The van der Waals surface area contributed by atoms with Crippen molar-refractivity contribution in [1.29, 1.82) is 0 Å². The van der Waals surface area contributed by atoms with E-state index in [-0.39, 0.29) is 18.5 Å². The lowest BCUT2D eigenvalue weighted by Gasteiger charge is -2.25. The van der Waals surface area contributed by atoms with Crippen LogP contribution in [0, 0.1) is 5.82 Å². The SMILES string of the molecule is C[C@@](CCn1cc(F)cc(-c2ccc(-n3ncnn3)cc2)c1=O)(C(=O)NO)S(C)(=O)=O. The number of hydrogen-bond donors (Lipinski definition) is 2. The number of nitrogens with one attached hydrogen (secondary N) is 1. The molecule has 0 spiro atoms. The maximum Gasteiger partial charge on any atom is 0.264 e. The number of sulfone groups is 1. The number of hydroxylamine groups is 1. The smallest absolute Gasteiger partial charge is 0.264 e. The molecule has 0 saturated heterocycles. The Morgan fingerprint density at radius 3 is 2.52 bits per heavy atom. The summed E-state index contributed by atoms with van der Waals surface area (Å²) in [4.78, 5) is 26.1. The normalized spacial score (nSPS) is 13.5. The molecule has 2 heterocycles. The van der Waals surface area contributed by atoms with E-state index in [0.717, 1.165) is 30.0 Å². The molecule has 164 valence electrons. The number of hydrogen-bond acceptors (Lipinski definition) is 8. The van der Waals surface area contributed by atoms with Crippen molar-refractivity contribution < 1.29 is 22.8 Å². The first kappa shape index (κ1) is 22.2. The van der Waals surface area contributed by atoms with Gasteiger partial charge in [-0.05, 0) is 42.3 Å². The van der Waals surface area contributed by atoms with Crippen molar-refractivity contribution in [3.05, 3.63) is 59.0 Å². The number of carbonyl (C=O) groups excluding carboxylic acids is 1. The van der Waals surface area contributed by atoms with E-state index in [1.54, 1.807) is 24.3 Å². The van der Waals surface area contributed by atoms with Crippen LogP contribution < -0.4 is 11.0 Å². The van der Waals surface area contributed by atoms with E-state index < -0.39 is 31.9 Å². The summed E-state index contributed by atoms with van der Waals surface area (Å²) in [6, 6.07) is 7.48. The van der Waals surface area contributed by atoms with E-state index in [2.05, 4.69) is 15.4 Å². The molecule has 2 aromatic heterocycles. The standard InChI is InChI=1S/C18H19FN6O5S/c1-18(17(27)22-28,31(2,29)30)7-8-24-10-13(19)9-15(16(24)26)12-3-5-14(6-4-12)25-21-11-20-23-25/h3-6,9-11,28H,7-8H2,1-2H3,(H,22,27)/t18-/m1/s1. The lowest BCUT2D eigenvalue weighted by Crippen LogP contribution is -2.50.